The van der Waals surface area contributed by atoms with Crippen LogP contribution in [0.25, 0.3) is 0 Å². The second-order valence-corrected chi connectivity index (χ2v) is 7.45. The minimum atomic E-state index is -2.80. The zero-order valence-electron chi connectivity index (χ0n) is 12.2. The molecule has 1 unspecified atom stereocenters. The third kappa shape index (κ3) is 7.25. The first-order valence-electron chi connectivity index (χ1n) is 7.28. The number of nitrogens with one attached hydrogen (secondary N) is 1. The maximum atomic E-state index is 11.5. The van der Waals surface area contributed by atoms with E-state index < -0.39 is 9.84 Å². The zero-order chi connectivity index (χ0) is 14.1. The number of sulfone groups is 1. The predicted molar refractivity (Wildman–Crippen MR) is 78.3 cm³/mol. The Hall–Kier alpha value is -0.170. The van der Waals surface area contributed by atoms with E-state index >= 15 is 0 Å². The quantitative estimate of drug-likeness (QED) is 0.661. The van der Waals surface area contributed by atoms with Crippen molar-refractivity contribution in [3.63, 3.8) is 0 Å². The van der Waals surface area contributed by atoms with Gasteiger partial charge in [-0.1, -0.05) is 0 Å². The van der Waals surface area contributed by atoms with Crippen molar-refractivity contribution in [1.82, 2.24) is 10.2 Å². The van der Waals surface area contributed by atoms with E-state index in [0.717, 1.165) is 45.7 Å². The fraction of sp³-hybridized carbons (Fsp3) is 1.00. The van der Waals surface area contributed by atoms with Crippen LogP contribution < -0.4 is 5.32 Å². The van der Waals surface area contributed by atoms with Gasteiger partial charge in [-0.3, -0.25) is 4.90 Å². The number of ether oxygens (including phenoxy) is 1. The van der Waals surface area contributed by atoms with Crippen LogP contribution in [-0.2, 0) is 14.6 Å². The van der Waals surface area contributed by atoms with Crippen molar-refractivity contribution in [2.75, 3.05) is 50.9 Å². The molecule has 0 saturated carbocycles. The van der Waals surface area contributed by atoms with E-state index in [9.17, 15) is 8.42 Å². The highest BCUT2D eigenvalue weighted by molar-refractivity contribution is 7.91. The molecule has 114 valence electrons. The van der Waals surface area contributed by atoms with E-state index in [1.807, 2.05) is 6.92 Å². The average Bonchev–Trinajstić information content (AvgIpc) is 2.54. The van der Waals surface area contributed by atoms with E-state index in [2.05, 4.69) is 17.1 Å². The molecular formula is C13H28N2O3S. The SMILES string of the molecule is CCOCCCNCC(C)N1CCCS(=O)(=O)CC1. The molecule has 0 aromatic carbocycles. The third-order valence-electron chi connectivity index (χ3n) is 3.50. The number of nitrogens with zero attached hydrogens (tertiary/aromatic N) is 1. The van der Waals surface area contributed by atoms with Gasteiger partial charge in [-0.25, -0.2) is 8.42 Å². The minimum absolute atomic E-state index is 0.307. The van der Waals surface area contributed by atoms with Gasteiger partial charge in [0, 0.05) is 32.3 Å². The Balaban J connectivity index is 2.16. The lowest BCUT2D eigenvalue weighted by Gasteiger charge is -2.27. The molecule has 1 N–H and O–H groups in total. The Morgan fingerprint density at radius 2 is 2.11 bits per heavy atom. The van der Waals surface area contributed by atoms with Gasteiger partial charge < -0.3 is 10.1 Å². The Morgan fingerprint density at radius 3 is 2.84 bits per heavy atom. The van der Waals surface area contributed by atoms with Crippen LogP contribution in [0.3, 0.4) is 0 Å². The van der Waals surface area contributed by atoms with Crippen LogP contribution in [0.15, 0.2) is 0 Å². The highest BCUT2D eigenvalue weighted by atomic mass is 32.2. The van der Waals surface area contributed by atoms with E-state index in [4.69, 9.17) is 4.74 Å². The molecule has 19 heavy (non-hydrogen) atoms. The van der Waals surface area contributed by atoms with Crippen molar-refractivity contribution in [3.05, 3.63) is 0 Å². The molecule has 6 heteroatoms. The lowest BCUT2D eigenvalue weighted by atomic mass is 10.2. The van der Waals surface area contributed by atoms with E-state index in [1.54, 1.807) is 0 Å². The first-order valence-corrected chi connectivity index (χ1v) is 9.10. The highest BCUT2D eigenvalue weighted by Crippen LogP contribution is 2.08. The summed E-state index contributed by atoms with van der Waals surface area (Å²) in [5.74, 6) is 0.652. The summed E-state index contributed by atoms with van der Waals surface area (Å²) in [6.45, 7) is 9.17. The molecule has 1 aliphatic heterocycles. The largest absolute Gasteiger partial charge is 0.382 e. The monoisotopic (exact) mass is 292 g/mol. The summed E-state index contributed by atoms with van der Waals surface area (Å²) < 4.78 is 28.4. The molecular weight excluding hydrogens is 264 g/mol. The molecule has 0 radical (unpaired) electrons. The van der Waals surface area contributed by atoms with Crippen LogP contribution in [0, 0.1) is 0 Å². The van der Waals surface area contributed by atoms with Gasteiger partial charge in [-0.2, -0.15) is 0 Å². The minimum Gasteiger partial charge on any atom is -0.382 e. The summed E-state index contributed by atoms with van der Waals surface area (Å²) in [4.78, 5) is 2.28. The van der Waals surface area contributed by atoms with Gasteiger partial charge in [0.05, 0.1) is 11.5 Å². The first kappa shape index (κ1) is 16.9. The summed E-state index contributed by atoms with van der Waals surface area (Å²) in [6.07, 6.45) is 1.78. The maximum absolute atomic E-state index is 11.5. The van der Waals surface area contributed by atoms with E-state index in [1.165, 1.54) is 0 Å². The van der Waals surface area contributed by atoms with Gasteiger partial charge in [0.2, 0.25) is 0 Å². The first-order chi connectivity index (χ1) is 9.05. The number of rotatable bonds is 8. The van der Waals surface area contributed by atoms with Crippen molar-refractivity contribution >= 4 is 9.84 Å². The smallest absolute Gasteiger partial charge is 0.151 e. The van der Waals surface area contributed by atoms with Crippen molar-refractivity contribution < 1.29 is 13.2 Å². The summed E-state index contributed by atoms with van der Waals surface area (Å²) in [5.41, 5.74) is 0. The Kier molecular flexibility index (Phi) is 7.90. The molecule has 0 aromatic rings. The highest BCUT2D eigenvalue weighted by Gasteiger charge is 2.21. The second kappa shape index (κ2) is 8.89. The predicted octanol–water partition coefficient (Wildman–Crippen LogP) is 0.512. The summed E-state index contributed by atoms with van der Waals surface area (Å²) in [7, 11) is -2.80. The summed E-state index contributed by atoms with van der Waals surface area (Å²) >= 11 is 0. The normalized spacial score (nSPS) is 22.0. The molecule has 1 atom stereocenters. The van der Waals surface area contributed by atoms with E-state index in [0.29, 0.717) is 24.1 Å². The average molecular weight is 292 g/mol. The fourth-order valence-electron chi connectivity index (χ4n) is 2.28. The van der Waals surface area contributed by atoms with E-state index in [-0.39, 0.29) is 0 Å². The summed E-state index contributed by atoms with van der Waals surface area (Å²) in [6, 6.07) is 0.389. The van der Waals surface area contributed by atoms with Crippen LogP contribution in [0.5, 0.6) is 0 Å². The molecule has 0 spiro atoms. The molecule has 1 aliphatic rings. The molecule has 0 bridgehead atoms. The standard InChI is InChI=1S/C13H28N2O3S/c1-3-18-9-4-6-14-12-13(2)15-7-5-10-19(16,17)11-8-15/h13-14H,3-12H2,1-2H3. The van der Waals surface area contributed by atoms with Gasteiger partial charge in [0.15, 0.2) is 9.84 Å². The number of hydrogen-bond acceptors (Lipinski definition) is 5. The van der Waals surface area contributed by atoms with Crippen molar-refractivity contribution in [3.8, 4) is 0 Å². The van der Waals surface area contributed by atoms with Gasteiger partial charge in [-0.15, -0.1) is 0 Å². The van der Waals surface area contributed by atoms with Gasteiger partial charge in [-0.05, 0) is 39.8 Å². The Labute approximate surface area is 117 Å². The second-order valence-electron chi connectivity index (χ2n) is 5.14. The van der Waals surface area contributed by atoms with Gasteiger partial charge >= 0.3 is 0 Å². The molecule has 1 heterocycles. The Morgan fingerprint density at radius 1 is 1.32 bits per heavy atom. The molecule has 1 fully saturated rings. The molecule has 0 aromatic heterocycles. The van der Waals surface area contributed by atoms with Crippen LogP contribution in [0.2, 0.25) is 0 Å². The number of hydrogen-bond donors (Lipinski definition) is 1. The lowest BCUT2D eigenvalue weighted by Crippen LogP contribution is -2.42. The maximum Gasteiger partial charge on any atom is 0.151 e. The van der Waals surface area contributed by atoms with Gasteiger partial charge in [0.25, 0.3) is 0 Å². The van der Waals surface area contributed by atoms with Crippen LogP contribution in [0.1, 0.15) is 26.7 Å². The third-order valence-corrected chi connectivity index (χ3v) is 5.21. The Bertz CT molecular complexity index is 333. The van der Waals surface area contributed by atoms with Crippen molar-refractivity contribution in [2.45, 2.75) is 32.7 Å². The lowest BCUT2D eigenvalue weighted by molar-refractivity contribution is 0.143. The van der Waals surface area contributed by atoms with Crippen molar-refractivity contribution in [1.29, 1.82) is 0 Å². The fourth-order valence-corrected chi connectivity index (χ4v) is 3.57. The molecule has 0 aliphatic carbocycles. The molecule has 1 rings (SSSR count). The molecule has 1 saturated heterocycles. The summed E-state index contributed by atoms with van der Waals surface area (Å²) in [5, 5.41) is 3.41. The van der Waals surface area contributed by atoms with Crippen LogP contribution >= 0.6 is 0 Å². The topological polar surface area (TPSA) is 58.6 Å². The molecule has 0 amide bonds. The van der Waals surface area contributed by atoms with Crippen LogP contribution in [-0.4, -0.2) is 70.3 Å². The van der Waals surface area contributed by atoms with Crippen LogP contribution in [0.4, 0.5) is 0 Å². The van der Waals surface area contributed by atoms with Crippen molar-refractivity contribution in [2.24, 2.45) is 0 Å². The van der Waals surface area contributed by atoms with Gasteiger partial charge in [0.1, 0.15) is 0 Å². The molecule has 5 nitrogen and oxygen atoms in total. The zero-order valence-corrected chi connectivity index (χ0v) is 13.0.